The number of nitrogens with zero attached hydrogens (tertiary/aromatic N) is 1. The van der Waals surface area contributed by atoms with Gasteiger partial charge in [0, 0.05) is 6.04 Å². The molecule has 1 fully saturated rings. The number of alkyl carbamates (subject to hydrolysis) is 1. The van der Waals surface area contributed by atoms with Gasteiger partial charge in [-0.1, -0.05) is 30.3 Å². The molecule has 1 N–H and O–H groups in total. The molecule has 3 atom stereocenters. The fourth-order valence-corrected chi connectivity index (χ4v) is 4.24. The summed E-state index contributed by atoms with van der Waals surface area (Å²) in [6.07, 6.45) is 0.941. The molecule has 0 aromatic heterocycles. The molecule has 1 aromatic carbocycles. The number of methoxy groups -OCH3 is 1. The second-order valence-corrected chi connectivity index (χ2v) is 11.4. The van der Waals surface area contributed by atoms with Crippen molar-refractivity contribution in [2.75, 3.05) is 7.11 Å². The predicted molar refractivity (Wildman–Crippen MR) is 140 cm³/mol. The average molecular weight is 535 g/mol. The van der Waals surface area contributed by atoms with Crippen LogP contribution in [0.1, 0.15) is 79.2 Å². The molecule has 38 heavy (non-hydrogen) atoms. The Kier molecular flexibility index (Phi) is 11.0. The molecule has 0 radical (unpaired) electrons. The Morgan fingerprint density at radius 3 is 2.18 bits per heavy atom. The van der Waals surface area contributed by atoms with Crippen LogP contribution in [0, 0.1) is 0 Å². The molecule has 1 heterocycles. The number of benzene rings is 1. The Hall–Kier alpha value is -3.30. The minimum absolute atomic E-state index is 0.0775. The second kappa shape index (κ2) is 13.5. The number of nitrogens with one attached hydrogen (secondary N) is 1. The van der Waals surface area contributed by atoms with E-state index in [1.54, 1.807) is 41.5 Å². The topological polar surface area (TPSA) is 120 Å². The number of carbonyl (C=O) groups excluding carboxylic acids is 4. The summed E-state index contributed by atoms with van der Waals surface area (Å²) >= 11 is 0. The van der Waals surface area contributed by atoms with Gasteiger partial charge in [0.25, 0.3) is 0 Å². The first-order valence-electron chi connectivity index (χ1n) is 13.0. The lowest BCUT2D eigenvalue weighted by Gasteiger charge is -2.31. The van der Waals surface area contributed by atoms with Gasteiger partial charge in [-0.15, -0.1) is 0 Å². The highest BCUT2D eigenvalue weighted by molar-refractivity contribution is 5.83. The van der Waals surface area contributed by atoms with Crippen molar-refractivity contribution in [3.8, 4) is 0 Å². The highest BCUT2D eigenvalue weighted by atomic mass is 16.6. The summed E-state index contributed by atoms with van der Waals surface area (Å²) in [5, 5.41) is 2.56. The number of hydrogen-bond acceptors (Lipinski definition) is 8. The fourth-order valence-electron chi connectivity index (χ4n) is 4.24. The molecule has 10 heteroatoms. The quantitative estimate of drug-likeness (QED) is 0.356. The molecular formula is C28H42N2O8. The van der Waals surface area contributed by atoms with Crippen molar-refractivity contribution in [3.05, 3.63) is 35.9 Å². The van der Waals surface area contributed by atoms with E-state index in [9.17, 15) is 19.2 Å². The predicted octanol–water partition coefficient (Wildman–Crippen LogP) is 4.73. The minimum Gasteiger partial charge on any atom is -0.467 e. The van der Waals surface area contributed by atoms with Crippen LogP contribution in [0.2, 0.25) is 0 Å². The van der Waals surface area contributed by atoms with Crippen molar-refractivity contribution >= 4 is 24.1 Å². The summed E-state index contributed by atoms with van der Waals surface area (Å²) in [7, 11) is 1.25. The van der Waals surface area contributed by atoms with Crippen LogP contribution in [0.4, 0.5) is 9.59 Å². The van der Waals surface area contributed by atoms with Crippen molar-refractivity contribution in [2.24, 2.45) is 0 Å². The zero-order valence-corrected chi connectivity index (χ0v) is 23.6. The van der Waals surface area contributed by atoms with Gasteiger partial charge in [0.05, 0.1) is 7.11 Å². The van der Waals surface area contributed by atoms with Crippen LogP contribution in [0.15, 0.2) is 30.3 Å². The van der Waals surface area contributed by atoms with Crippen molar-refractivity contribution < 1.29 is 38.1 Å². The maximum Gasteiger partial charge on any atom is 0.411 e. The molecule has 2 rings (SSSR count). The molecule has 0 saturated carbocycles. The summed E-state index contributed by atoms with van der Waals surface area (Å²) in [6, 6.07) is 7.32. The monoisotopic (exact) mass is 534 g/mol. The molecule has 0 spiro atoms. The minimum atomic E-state index is -0.906. The van der Waals surface area contributed by atoms with Crippen molar-refractivity contribution in [2.45, 2.75) is 110 Å². The Bertz CT molecular complexity index is 952. The molecule has 10 nitrogen and oxygen atoms in total. The summed E-state index contributed by atoms with van der Waals surface area (Å²) in [4.78, 5) is 52.1. The number of amides is 2. The zero-order chi connectivity index (χ0) is 28.5. The van der Waals surface area contributed by atoms with E-state index in [4.69, 9.17) is 18.9 Å². The molecule has 1 unspecified atom stereocenters. The van der Waals surface area contributed by atoms with Gasteiger partial charge in [-0.05, 0) is 79.2 Å². The van der Waals surface area contributed by atoms with Crippen LogP contribution in [0.3, 0.4) is 0 Å². The van der Waals surface area contributed by atoms with Gasteiger partial charge in [-0.3, -0.25) is 4.90 Å². The molecule has 0 bridgehead atoms. The molecule has 1 saturated heterocycles. The SMILES string of the molecule is COC(=O)C(CCC[C@H]1CC[C@@H](C(=O)OC(C)(C)C)N1C(=O)OCc1ccccc1)NC(=O)OC(C)(C)C. The molecule has 1 aliphatic rings. The number of hydrogen-bond donors (Lipinski definition) is 1. The smallest absolute Gasteiger partial charge is 0.411 e. The van der Waals surface area contributed by atoms with E-state index in [0.717, 1.165) is 5.56 Å². The van der Waals surface area contributed by atoms with Gasteiger partial charge in [0.2, 0.25) is 0 Å². The highest BCUT2D eigenvalue weighted by Crippen LogP contribution is 2.31. The molecule has 0 aliphatic carbocycles. The standard InChI is InChI=1S/C28H42N2O8/c1-27(2,3)37-24(32)22-17-16-20(30(22)26(34)36-18-19-12-9-8-10-13-19)14-11-15-21(23(31)35-7)29-25(33)38-28(4,5)6/h8-10,12-13,20-22H,11,14-18H2,1-7H3,(H,29,33)/t20-,21?,22-/m0/s1. The third-order valence-electron chi connectivity index (χ3n) is 5.80. The third kappa shape index (κ3) is 10.2. The van der Waals surface area contributed by atoms with E-state index in [-0.39, 0.29) is 19.1 Å². The van der Waals surface area contributed by atoms with E-state index in [1.165, 1.54) is 12.0 Å². The Morgan fingerprint density at radius 2 is 1.61 bits per heavy atom. The molecule has 1 aromatic rings. The van der Waals surface area contributed by atoms with Crippen LogP contribution in [-0.4, -0.2) is 65.5 Å². The second-order valence-electron chi connectivity index (χ2n) is 11.4. The van der Waals surface area contributed by atoms with E-state index in [1.807, 2.05) is 30.3 Å². The summed E-state index contributed by atoms with van der Waals surface area (Å²) in [6.45, 7) is 10.6. The first-order valence-corrected chi connectivity index (χ1v) is 13.0. The van der Waals surface area contributed by atoms with Crippen LogP contribution in [0.25, 0.3) is 0 Å². The molecule has 2 amide bonds. The zero-order valence-electron chi connectivity index (χ0n) is 23.6. The Labute approximate surface area is 225 Å². The fraction of sp³-hybridized carbons (Fsp3) is 0.643. The summed E-state index contributed by atoms with van der Waals surface area (Å²) in [5.41, 5.74) is -0.582. The van der Waals surface area contributed by atoms with Crippen molar-refractivity contribution in [3.63, 3.8) is 0 Å². The van der Waals surface area contributed by atoms with E-state index in [2.05, 4.69) is 5.32 Å². The van der Waals surface area contributed by atoms with Crippen molar-refractivity contribution in [1.82, 2.24) is 10.2 Å². The van der Waals surface area contributed by atoms with E-state index >= 15 is 0 Å². The summed E-state index contributed by atoms with van der Waals surface area (Å²) in [5.74, 6) is -1.07. The van der Waals surface area contributed by atoms with Crippen LogP contribution in [0.5, 0.6) is 0 Å². The van der Waals surface area contributed by atoms with E-state index < -0.39 is 47.4 Å². The lowest BCUT2D eigenvalue weighted by molar-refractivity contribution is -0.160. The Balaban J connectivity index is 2.08. The molecular weight excluding hydrogens is 492 g/mol. The maximum atomic E-state index is 13.2. The number of likely N-dealkylation sites (tertiary alicyclic amines) is 1. The third-order valence-corrected chi connectivity index (χ3v) is 5.80. The molecule has 1 aliphatic heterocycles. The number of carbonyl (C=O) groups is 4. The largest absolute Gasteiger partial charge is 0.467 e. The maximum absolute atomic E-state index is 13.2. The molecule has 212 valence electrons. The Morgan fingerprint density at radius 1 is 0.974 bits per heavy atom. The highest BCUT2D eigenvalue weighted by Gasteiger charge is 2.43. The lowest BCUT2D eigenvalue weighted by Crippen LogP contribution is -2.47. The van der Waals surface area contributed by atoms with Crippen molar-refractivity contribution in [1.29, 1.82) is 0 Å². The number of rotatable bonds is 9. The first kappa shape index (κ1) is 30.9. The number of ether oxygens (including phenoxy) is 4. The van der Waals surface area contributed by atoms with Crippen LogP contribution >= 0.6 is 0 Å². The lowest BCUT2D eigenvalue weighted by atomic mass is 10.0. The normalized spacial score (nSPS) is 18.3. The van der Waals surface area contributed by atoms with Gasteiger partial charge >= 0.3 is 24.1 Å². The van der Waals surface area contributed by atoms with E-state index in [0.29, 0.717) is 25.7 Å². The average Bonchev–Trinajstić information content (AvgIpc) is 3.24. The number of esters is 2. The van der Waals surface area contributed by atoms with Crippen LogP contribution < -0.4 is 5.32 Å². The van der Waals surface area contributed by atoms with Gasteiger partial charge in [-0.25, -0.2) is 19.2 Å². The van der Waals surface area contributed by atoms with Gasteiger partial charge in [0.15, 0.2) is 0 Å². The van der Waals surface area contributed by atoms with Gasteiger partial charge < -0.3 is 24.3 Å². The van der Waals surface area contributed by atoms with Crippen LogP contribution in [-0.2, 0) is 35.1 Å². The van der Waals surface area contributed by atoms with Gasteiger partial charge in [-0.2, -0.15) is 0 Å². The summed E-state index contributed by atoms with van der Waals surface area (Å²) < 4.78 is 21.2. The first-order chi connectivity index (χ1) is 17.7. The van der Waals surface area contributed by atoms with Gasteiger partial charge in [0.1, 0.15) is 29.9 Å².